The van der Waals surface area contributed by atoms with Gasteiger partial charge < -0.3 is 5.11 Å². The van der Waals surface area contributed by atoms with Gasteiger partial charge in [0.25, 0.3) is 0 Å². The summed E-state index contributed by atoms with van der Waals surface area (Å²) in [6.07, 6.45) is 2.18. The molecule has 4 heteroatoms. The molecular formula is C17H16N2O2. The number of aliphatic imine (C=N–C) groups is 1. The average molecular weight is 280 g/mol. The number of phenols is 1. The fraction of sp³-hybridized carbons (Fsp3) is 0.353. The van der Waals surface area contributed by atoms with Crippen molar-refractivity contribution in [1.82, 2.24) is 0 Å². The number of carbonyl (C=O) groups excluding carboxylic acids is 1. The number of carbonyl (C=O) groups is 1. The number of allylic oxidation sites excluding steroid dienone is 2. The molecule has 1 aliphatic carbocycles. The minimum absolute atomic E-state index is 0.147. The number of fused-ring (bicyclic) bond motifs is 1. The molecule has 1 fully saturated rings. The van der Waals surface area contributed by atoms with Crippen molar-refractivity contribution in [1.29, 1.82) is 5.26 Å². The van der Waals surface area contributed by atoms with Crippen LogP contribution in [-0.4, -0.2) is 16.6 Å². The Morgan fingerprint density at radius 2 is 2.14 bits per heavy atom. The van der Waals surface area contributed by atoms with Gasteiger partial charge in [0.05, 0.1) is 23.3 Å². The first-order chi connectivity index (χ1) is 10.1. The standard InChI is InChI=1S/C17H16N2O2/c1-10-13(9-18)16(11-4-2-5-12(20)8-11)17-14(19-10)6-3-7-15(17)21/h2,4-5,8,16-17,20H,3,6-7H2,1H3. The summed E-state index contributed by atoms with van der Waals surface area (Å²) in [5, 5.41) is 19.2. The summed E-state index contributed by atoms with van der Waals surface area (Å²) < 4.78 is 0. The van der Waals surface area contributed by atoms with Gasteiger partial charge in [0.2, 0.25) is 0 Å². The molecule has 2 atom stereocenters. The Labute approximate surface area is 123 Å². The van der Waals surface area contributed by atoms with Crippen LogP contribution in [0.2, 0.25) is 0 Å². The lowest BCUT2D eigenvalue weighted by Crippen LogP contribution is -2.37. The van der Waals surface area contributed by atoms with Crippen molar-refractivity contribution >= 4 is 11.5 Å². The van der Waals surface area contributed by atoms with Gasteiger partial charge in [0.1, 0.15) is 11.5 Å². The minimum atomic E-state index is -0.348. The highest BCUT2D eigenvalue weighted by atomic mass is 16.3. The third-order valence-electron chi connectivity index (χ3n) is 4.26. The van der Waals surface area contributed by atoms with E-state index in [1.807, 2.05) is 13.0 Å². The molecule has 0 bridgehead atoms. The first kappa shape index (κ1) is 13.6. The monoisotopic (exact) mass is 280 g/mol. The van der Waals surface area contributed by atoms with Gasteiger partial charge in [-0.15, -0.1) is 0 Å². The highest BCUT2D eigenvalue weighted by Gasteiger charge is 2.41. The Morgan fingerprint density at radius 3 is 2.86 bits per heavy atom. The van der Waals surface area contributed by atoms with Gasteiger partial charge in [-0.3, -0.25) is 9.79 Å². The number of hydrogen-bond acceptors (Lipinski definition) is 4. The molecule has 1 aliphatic heterocycles. The van der Waals surface area contributed by atoms with Crippen LogP contribution in [0, 0.1) is 17.2 Å². The molecule has 0 saturated heterocycles. The Balaban J connectivity index is 2.17. The van der Waals surface area contributed by atoms with Gasteiger partial charge in [-0.1, -0.05) is 12.1 Å². The fourth-order valence-corrected chi connectivity index (χ4v) is 3.34. The lowest BCUT2D eigenvalue weighted by Gasteiger charge is -2.34. The number of aromatic hydroxyl groups is 1. The van der Waals surface area contributed by atoms with E-state index in [0.29, 0.717) is 17.7 Å². The van der Waals surface area contributed by atoms with Crippen LogP contribution in [-0.2, 0) is 4.79 Å². The van der Waals surface area contributed by atoms with E-state index in [0.717, 1.165) is 24.1 Å². The number of phenolic OH excluding ortho intramolecular Hbond substituents is 1. The molecule has 106 valence electrons. The maximum Gasteiger partial charge on any atom is 0.142 e. The van der Waals surface area contributed by atoms with E-state index in [4.69, 9.17) is 0 Å². The first-order valence-corrected chi connectivity index (χ1v) is 7.12. The molecular weight excluding hydrogens is 264 g/mol. The van der Waals surface area contributed by atoms with E-state index in [1.165, 1.54) is 0 Å². The molecule has 3 rings (SSSR count). The zero-order valence-corrected chi connectivity index (χ0v) is 11.8. The highest BCUT2D eigenvalue weighted by molar-refractivity contribution is 6.09. The molecule has 1 N–H and O–H groups in total. The number of ketones is 1. The molecule has 4 nitrogen and oxygen atoms in total. The Morgan fingerprint density at radius 1 is 1.33 bits per heavy atom. The zero-order valence-electron chi connectivity index (χ0n) is 11.8. The lowest BCUT2D eigenvalue weighted by atomic mass is 9.70. The highest BCUT2D eigenvalue weighted by Crippen LogP contribution is 2.42. The van der Waals surface area contributed by atoms with Crippen LogP contribution in [0.25, 0.3) is 0 Å². The van der Waals surface area contributed by atoms with Crippen molar-refractivity contribution in [3.63, 3.8) is 0 Å². The molecule has 0 aromatic heterocycles. The molecule has 1 heterocycles. The van der Waals surface area contributed by atoms with Crippen LogP contribution in [0.5, 0.6) is 5.75 Å². The molecule has 0 radical (unpaired) electrons. The van der Waals surface area contributed by atoms with Gasteiger partial charge in [-0.25, -0.2) is 0 Å². The third kappa shape index (κ3) is 2.25. The van der Waals surface area contributed by atoms with Crippen LogP contribution in [0.4, 0.5) is 0 Å². The van der Waals surface area contributed by atoms with Crippen LogP contribution in [0.3, 0.4) is 0 Å². The second kappa shape index (κ2) is 5.17. The van der Waals surface area contributed by atoms with E-state index in [-0.39, 0.29) is 23.4 Å². The second-order valence-corrected chi connectivity index (χ2v) is 5.58. The van der Waals surface area contributed by atoms with Crippen molar-refractivity contribution in [2.75, 3.05) is 0 Å². The molecule has 2 unspecified atom stereocenters. The SMILES string of the molecule is CC1=C(C#N)C(c2cccc(O)c2)C2C(=O)CCCC2=N1. The van der Waals surface area contributed by atoms with Gasteiger partial charge in [0, 0.05) is 18.1 Å². The summed E-state index contributed by atoms with van der Waals surface area (Å²) in [7, 11) is 0. The normalized spacial score (nSPS) is 25.1. The van der Waals surface area contributed by atoms with Crippen molar-refractivity contribution in [2.45, 2.75) is 32.1 Å². The first-order valence-electron chi connectivity index (χ1n) is 7.12. The van der Waals surface area contributed by atoms with Crippen molar-refractivity contribution < 1.29 is 9.90 Å². The van der Waals surface area contributed by atoms with E-state index < -0.39 is 0 Å². The summed E-state index contributed by atoms with van der Waals surface area (Å²) in [6.45, 7) is 1.82. The number of nitriles is 1. The predicted molar refractivity (Wildman–Crippen MR) is 78.9 cm³/mol. The molecule has 1 saturated carbocycles. The van der Waals surface area contributed by atoms with Gasteiger partial charge in [-0.05, 0) is 37.5 Å². The molecule has 0 spiro atoms. The van der Waals surface area contributed by atoms with Gasteiger partial charge in [-0.2, -0.15) is 5.26 Å². The summed E-state index contributed by atoms with van der Waals surface area (Å²) in [5.41, 5.74) is 2.91. The topological polar surface area (TPSA) is 73.4 Å². The zero-order chi connectivity index (χ0) is 15.0. The van der Waals surface area contributed by atoms with Crippen LogP contribution >= 0.6 is 0 Å². The van der Waals surface area contributed by atoms with Gasteiger partial charge >= 0.3 is 0 Å². The largest absolute Gasteiger partial charge is 0.508 e. The Hall–Kier alpha value is -2.41. The molecule has 2 aliphatic rings. The maximum atomic E-state index is 12.4. The molecule has 21 heavy (non-hydrogen) atoms. The molecule has 0 amide bonds. The number of Topliss-reactive ketones (excluding diaryl/α,β-unsaturated/α-hetero) is 1. The minimum Gasteiger partial charge on any atom is -0.508 e. The smallest absolute Gasteiger partial charge is 0.142 e. The lowest BCUT2D eigenvalue weighted by molar-refractivity contribution is -0.121. The van der Waals surface area contributed by atoms with Crippen molar-refractivity contribution in [3.05, 3.63) is 41.1 Å². The number of hydrogen-bond donors (Lipinski definition) is 1. The van der Waals surface area contributed by atoms with Crippen molar-refractivity contribution in [3.8, 4) is 11.8 Å². The summed E-state index contributed by atoms with van der Waals surface area (Å²) in [5.74, 6) is -0.371. The number of rotatable bonds is 1. The number of nitrogens with zero attached hydrogens (tertiary/aromatic N) is 2. The van der Waals surface area contributed by atoms with E-state index in [1.54, 1.807) is 18.2 Å². The fourth-order valence-electron chi connectivity index (χ4n) is 3.34. The van der Waals surface area contributed by atoms with Crippen LogP contribution in [0.1, 0.15) is 37.7 Å². The van der Waals surface area contributed by atoms with E-state index in [2.05, 4.69) is 11.1 Å². The Kier molecular flexibility index (Phi) is 3.34. The van der Waals surface area contributed by atoms with Crippen LogP contribution in [0.15, 0.2) is 40.5 Å². The van der Waals surface area contributed by atoms with E-state index >= 15 is 0 Å². The third-order valence-corrected chi connectivity index (χ3v) is 4.26. The van der Waals surface area contributed by atoms with Crippen LogP contribution < -0.4 is 0 Å². The quantitative estimate of drug-likeness (QED) is 0.859. The van der Waals surface area contributed by atoms with Crippen molar-refractivity contribution in [2.24, 2.45) is 10.9 Å². The summed E-state index contributed by atoms with van der Waals surface area (Å²) >= 11 is 0. The van der Waals surface area contributed by atoms with E-state index in [9.17, 15) is 15.2 Å². The van der Waals surface area contributed by atoms with Gasteiger partial charge in [0.15, 0.2) is 0 Å². The Bertz CT molecular complexity index is 710. The summed E-state index contributed by atoms with van der Waals surface area (Å²) in [4.78, 5) is 16.9. The average Bonchev–Trinajstić information content (AvgIpc) is 2.46. The predicted octanol–water partition coefficient (Wildman–Crippen LogP) is 3.10. The molecule has 1 aromatic rings. The maximum absolute atomic E-state index is 12.4. The second-order valence-electron chi connectivity index (χ2n) is 5.58. The number of benzene rings is 1. The summed E-state index contributed by atoms with van der Waals surface area (Å²) in [6, 6.07) is 9.05. The molecule has 1 aromatic carbocycles.